The summed E-state index contributed by atoms with van der Waals surface area (Å²) in [5.74, 6) is 0.257. The number of rotatable bonds is 2. The number of pyridine rings is 1. The fraction of sp³-hybridized carbons (Fsp3) is 0.417. The Kier molecular flexibility index (Phi) is 2.10. The molecule has 0 unspecified atom stereocenters. The van der Waals surface area contributed by atoms with E-state index in [9.17, 15) is 15.3 Å². The minimum absolute atomic E-state index is 0.0101. The van der Waals surface area contributed by atoms with Gasteiger partial charge in [-0.1, -0.05) is 13.3 Å². The molecule has 2 aliphatic heterocycles. The van der Waals surface area contributed by atoms with E-state index >= 15 is 0 Å². The molecule has 6 nitrogen and oxygen atoms in total. The van der Waals surface area contributed by atoms with Crippen LogP contribution in [0.3, 0.4) is 0 Å². The highest BCUT2D eigenvalue weighted by molar-refractivity contribution is 5.75. The second kappa shape index (κ2) is 3.44. The van der Waals surface area contributed by atoms with Crippen molar-refractivity contribution in [2.45, 2.75) is 31.6 Å². The van der Waals surface area contributed by atoms with Crippen molar-refractivity contribution in [1.82, 2.24) is 9.71 Å². The maximum Gasteiger partial charge on any atom is 0.282 e. The molecule has 0 amide bonds. The van der Waals surface area contributed by atoms with Gasteiger partial charge in [0.15, 0.2) is 5.82 Å². The highest BCUT2D eigenvalue weighted by Gasteiger charge is 2.40. The summed E-state index contributed by atoms with van der Waals surface area (Å²) in [7, 11) is 0. The van der Waals surface area contributed by atoms with Crippen molar-refractivity contribution in [2.24, 2.45) is 0 Å². The van der Waals surface area contributed by atoms with Gasteiger partial charge < -0.3 is 5.21 Å². The molecule has 18 heavy (non-hydrogen) atoms. The first kappa shape index (κ1) is 11.0. The summed E-state index contributed by atoms with van der Waals surface area (Å²) in [6, 6.07) is 1.32. The normalized spacial score (nSPS) is 17.6. The number of hydrogen-bond acceptors (Lipinski definition) is 4. The topological polar surface area (TPSA) is 81.2 Å². The number of aromatic nitrogens is 2. The van der Waals surface area contributed by atoms with Gasteiger partial charge in [-0.05, 0) is 23.8 Å². The molecule has 0 atom stereocenters. The molecule has 1 aliphatic carbocycles. The van der Waals surface area contributed by atoms with E-state index in [0.29, 0.717) is 5.56 Å². The van der Waals surface area contributed by atoms with E-state index in [1.807, 2.05) is 0 Å². The van der Waals surface area contributed by atoms with Crippen LogP contribution in [0.4, 0.5) is 5.69 Å². The van der Waals surface area contributed by atoms with Gasteiger partial charge in [0, 0.05) is 12.3 Å². The van der Waals surface area contributed by atoms with Gasteiger partial charge in [0.25, 0.3) is 5.69 Å². The van der Waals surface area contributed by atoms with Gasteiger partial charge in [0.1, 0.15) is 5.56 Å². The number of hydrogen-bond donors (Lipinski definition) is 1. The average Bonchev–Trinajstić information content (AvgIpc) is 2.71. The summed E-state index contributed by atoms with van der Waals surface area (Å²) >= 11 is 0. The summed E-state index contributed by atoms with van der Waals surface area (Å²) in [5, 5.41) is 20.8. The molecule has 1 fully saturated rings. The van der Waals surface area contributed by atoms with Crippen molar-refractivity contribution in [3.8, 4) is 11.4 Å². The number of nitrogens with zero attached hydrogens (tertiary/aromatic N) is 3. The van der Waals surface area contributed by atoms with Gasteiger partial charge in [-0.15, -0.1) is 0 Å². The fourth-order valence-corrected chi connectivity index (χ4v) is 2.68. The Balaban J connectivity index is 2.27. The Labute approximate surface area is 103 Å². The molecule has 0 spiro atoms. The minimum atomic E-state index is -0.421. The number of fused-ring (bicyclic) bond motifs is 1. The van der Waals surface area contributed by atoms with Crippen LogP contribution >= 0.6 is 0 Å². The third-order valence-electron chi connectivity index (χ3n) is 3.96. The highest BCUT2D eigenvalue weighted by atomic mass is 16.6. The Bertz CT molecular complexity index is 601. The Morgan fingerprint density at radius 3 is 2.83 bits per heavy atom. The fourth-order valence-electron chi connectivity index (χ4n) is 2.68. The maximum atomic E-state index is 11.1. The molecule has 0 bridgehead atoms. The molecule has 3 rings (SSSR count). The van der Waals surface area contributed by atoms with Gasteiger partial charge in [-0.3, -0.25) is 10.1 Å². The standard InChI is InChI=1S/C12H13N3O3/c1-12(4-2-5-12)8-7-13-11-10(8)9(15(17)18)3-6-14(11)16/h3,6-7,16H,2,4-5H2,1H3. The Morgan fingerprint density at radius 1 is 1.56 bits per heavy atom. The van der Waals surface area contributed by atoms with Gasteiger partial charge in [0.2, 0.25) is 0 Å². The van der Waals surface area contributed by atoms with Crippen LogP contribution in [0.15, 0.2) is 18.5 Å². The maximum absolute atomic E-state index is 11.1. The first-order chi connectivity index (χ1) is 8.53. The lowest BCUT2D eigenvalue weighted by molar-refractivity contribution is -0.384. The van der Waals surface area contributed by atoms with E-state index in [-0.39, 0.29) is 16.9 Å². The second-order valence-electron chi connectivity index (χ2n) is 5.09. The molecule has 0 aromatic rings. The SMILES string of the molecule is CC1(c2cnc3n(O)ccc([N+](=O)[O-])c2-3)CCC1. The molecular weight excluding hydrogens is 234 g/mol. The zero-order valence-corrected chi connectivity index (χ0v) is 9.96. The van der Waals surface area contributed by atoms with Gasteiger partial charge in [0.05, 0.1) is 11.1 Å². The third-order valence-corrected chi connectivity index (χ3v) is 3.96. The predicted octanol–water partition coefficient (Wildman–Crippen LogP) is 2.58. The monoisotopic (exact) mass is 247 g/mol. The molecule has 0 aromatic carbocycles. The van der Waals surface area contributed by atoms with Gasteiger partial charge in [-0.2, -0.15) is 4.73 Å². The van der Waals surface area contributed by atoms with Crippen molar-refractivity contribution in [2.75, 3.05) is 0 Å². The molecular formula is C12H13N3O3. The summed E-state index contributed by atoms with van der Waals surface area (Å²) in [5.41, 5.74) is 1.30. The molecule has 3 aliphatic rings. The van der Waals surface area contributed by atoms with Crippen molar-refractivity contribution in [1.29, 1.82) is 0 Å². The molecule has 1 saturated carbocycles. The summed E-state index contributed by atoms with van der Waals surface area (Å²) in [6.07, 6.45) is 6.05. The van der Waals surface area contributed by atoms with E-state index in [2.05, 4.69) is 11.9 Å². The van der Waals surface area contributed by atoms with Crippen LogP contribution < -0.4 is 0 Å². The van der Waals surface area contributed by atoms with Crippen molar-refractivity contribution >= 4 is 5.69 Å². The second-order valence-corrected chi connectivity index (χ2v) is 5.09. The molecule has 1 N–H and O–H groups in total. The van der Waals surface area contributed by atoms with Crippen LogP contribution in [0, 0.1) is 10.1 Å². The molecule has 94 valence electrons. The zero-order chi connectivity index (χ0) is 12.9. The highest BCUT2D eigenvalue weighted by Crippen LogP contribution is 2.49. The lowest BCUT2D eigenvalue weighted by atomic mass is 9.65. The van der Waals surface area contributed by atoms with E-state index in [1.165, 1.54) is 12.3 Å². The lowest BCUT2D eigenvalue weighted by Crippen LogP contribution is -2.30. The lowest BCUT2D eigenvalue weighted by Gasteiger charge is -2.38. The van der Waals surface area contributed by atoms with E-state index in [1.54, 1.807) is 6.20 Å². The molecule has 0 aromatic heterocycles. The van der Waals surface area contributed by atoms with Crippen molar-refractivity contribution in [3.05, 3.63) is 34.1 Å². The van der Waals surface area contributed by atoms with Crippen LogP contribution in [0.5, 0.6) is 0 Å². The first-order valence-electron chi connectivity index (χ1n) is 5.87. The van der Waals surface area contributed by atoms with Crippen LogP contribution in [0.2, 0.25) is 0 Å². The largest absolute Gasteiger partial charge is 0.427 e. The average molecular weight is 247 g/mol. The first-order valence-corrected chi connectivity index (χ1v) is 5.87. The summed E-state index contributed by atoms with van der Waals surface area (Å²) < 4.78 is 0.841. The molecule has 6 heteroatoms. The molecule has 2 heterocycles. The van der Waals surface area contributed by atoms with Gasteiger partial charge >= 0.3 is 0 Å². The van der Waals surface area contributed by atoms with Crippen LogP contribution in [0.25, 0.3) is 11.4 Å². The molecule has 0 radical (unpaired) electrons. The van der Waals surface area contributed by atoms with Crippen LogP contribution in [0.1, 0.15) is 31.7 Å². The smallest absolute Gasteiger partial charge is 0.282 e. The third kappa shape index (κ3) is 1.32. The van der Waals surface area contributed by atoms with Gasteiger partial charge in [-0.25, -0.2) is 4.98 Å². The minimum Gasteiger partial charge on any atom is -0.427 e. The van der Waals surface area contributed by atoms with E-state index < -0.39 is 4.92 Å². The van der Waals surface area contributed by atoms with Crippen molar-refractivity contribution < 1.29 is 10.1 Å². The van der Waals surface area contributed by atoms with E-state index in [4.69, 9.17) is 0 Å². The number of nitro groups is 1. The zero-order valence-electron chi connectivity index (χ0n) is 9.96. The van der Waals surface area contributed by atoms with Crippen LogP contribution in [-0.4, -0.2) is 19.8 Å². The predicted molar refractivity (Wildman–Crippen MR) is 63.9 cm³/mol. The summed E-state index contributed by atoms with van der Waals surface area (Å²) in [6.45, 7) is 2.09. The van der Waals surface area contributed by atoms with E-state index in [0.717, 1.165) is 29.6 Å². The van der Waals surface area contributed by atoms with Crippen LogP contribution in [-0.2, 0) is 5.41 Å². The summed E-state index contributed by atoms with van der Waals surface area (Å²) in [4.78, 5) is 14.8. The van der Waals surface area contributed by atoms with Crippen molar-refractivity contribution in [3.63, 3.8) is 0 Å². The Morgan fingerprint density at radius 2 is 2.28 bits per heavy atom. The Hall–Kier alpha value is -2.11. The molecule has 0 saturated heterocycles. The quantitative estimate of drug-likeness (QED) is 0.502.